The maximum atomic E-state index is 4.41. The van der Waals surface area contributed by atoms with Crippen LogP contribution in [0.25, 0.3) is 0 Å². The van der Waals surface area contributed by atoms with Crippen LogP contribution in [0.2, 0.25) is 0 Å². The van der Waals surface area contributed by atoms with Crippen LogP contribution in [0.3, 0.4) is 0 Å². The van der Waals surface area contributed by atoms with Gasteiger partial charge >= 0.3 is 0 Å². The van der Waals surface area contributed by atoms with Crippen LogP contribution in [0.15, 0.2) is 22.6 Å². The molecule has 1 aliphatic rings. The van der Waals surface area contributed by atoms with Gasteiger partial charge in [0.2, 0.25) is 0 Å². The number of hydrogen-bond acceptors (Lipinski definition) is 7. The highest BCUT2D eigenvalue weighted by molar-refractivity contribution is 7.99. The Morgan fingerprint density at radius 2 is 2.04 bits per heavy atom. The normalized spacial score (nSPS) is 16.0. The van der Waals surface area contributed by atoms with Gasteiger partial charge in [-0.25, -0.2) is 9.97 Å². The number of nitrogens with zero attached hydrogens (tertiary/aromatic N) is 5. The molecule has 124 valence electrons. The molecular weight excluding hydrogens is 310 g/mol. The Hall–Kier alpha value is -1.67. The first-order chi connectivity index (χ1) is 11.1. The number of piperidine rings is 1. The van der Waals surface area contributed by atoms with Crippen molar-refractivity contribution >= 4 is 17.6 Å². The molecule has 0 amide bonds. The molecule has 0 spiro atoms. The fourth-order valence-corrected chi connectivity index (χ4v) is 3.48. The lowest BCUT2D eigenvalue weighted by atomic mass is 9.97. The molecule has 1 saturated heterocycles. The first kappa shape index (κ1) is 16.2. The molecule has 3 rings (SSSR count). The first-order valence-corrected chi connectivity index (χ1v) is 8.81. The van der Waals surface area contributed by atoms with E-state index in [1.165, 1.54) is 11.8 Å². The number of rotatable bonds is 5. The third-order valence-electron chi connectivity index (χ3n) is 3.85. The third kappa shape index (κ3) is 4.00. The van der Waals surface area contributed by atoms with E-state index in [9.17, 15) is 0 Å². The van der Waals surface area contributed by atoms with Crippen molar-refractivity contribution in [1.29, 1.82) is 0 Å². The summed E-state index contributed by atoms with van der Waals surface area (Å²) in [7, 11) is 2.04. The van der Waals surface area contributed by atoms with Crippen molar-refractivity contribution in [3.05, 3.63) is 18.2 Å². The maximum absolute atomic E-state index is 4.41. The van der Waals surface area contributed by atoms with Crippen molar-refractivity contribution < 1.29 is 0 Å². The van der Waals surface area contributed by atoms with E-state index in [0.29, 0.717) is 12.0 Å². The van der Waals surface area contributed by atoms with E-state index in [0.717, 1.165) is 47.8 Å². The molecule has 0 atom stereocenters. The smallest absolute Gasteiger partial charge is 0.197 e. The predicted octanol–water partition coefficient (Wildman–Crippen LogP) is 2.04. The van der Waals surface area contributed by atoms with E-state index in [4.69, 9.17) is 0 Å². The Bertz CT molecular complexity index is 649. The highest BCUT2D eigenvalue weighted by atomic mass is 32.2. The minimum Gasteiger partial charge on any atom is -0.368 e. The van der Waals surface area contributed by atoms with Crippen LogP contribution in [0.4, 0.5) is 5.82 Å². The lowest BCUT2D eigenvalue weighted by Gasteiger charge is -2.21. The third-order valence-corrected chi connectivity index (χ3v) is 4.82. The van der Waals surface area contributed by atoms with Gasteiger partial charge in [-0.2, -0.15) is 0 Å². The molecular formula is C15H23N7S. The first-order valence-electron chi connectivity index (χ1n) is 8.00. The van der Waals surface area contributed by atoms with Gasteiger partial charge in [0.05, 0.1) is 0 Å². The van der Waals surface area contributed by atoms with E-state index in [-0.39, 0.29) is 0 Å². The molecule has 23 heavy (non-hydrogen) atoms. The highest BCUT2D eigenvalue weighted by Gasteiger charge is 2.22. The van der Waals surface area contributed by atoms with E-state index in [1.54, 1.807) is 6.33 Å². The summed E-state index contributed by atoms with van der Waals surface area (Å²) in [5, 5.41) is 17.2. The lowest BCUT2D eigenvalue weighted by Crippen LogP contribution is -2.27. The zero-order chi connectivity index (χ0) is 16.2. The topological polar surface area (TPSA) is 80.5 Å². The molecule has 0 radical (unpaired) electrons. The Labute approximate surface area is 140 Å². The molecule has 0 saturated carbocycles. The van der Waals surface area contributed by atoms with E-state index >= 15 is 0 Å². The van der Waals surface area contributed by atoms with E-state index < -0.39 is 0 Å². The van der Waals surface area contributed by atoms with Crippen LogP contribution >= 0.6 is 11.8 Å². The van der Waals surface area contributed by atoms with Crippen molar-refractivity contribution in [3.8, 4) is 0 Å². The van der Waals surface area contributed by atoms with Gasteiger partial charge in [-0.1, -0.05) is 0 Å². The van der Waals surface area contributed by atoms with Crippen molar-refractivity contribution in [2.75, 3.05) is 18.4 Å². The average Bonchev–Trinajstić information content (AvgIpc) is 2.89. The Morgan fingerprint density at radius 3 is 2.78 bits per heavy atom. The van der Waals surface area contributed by atoms with Gasteiger partial charge in [-0.15, -0.1) is 10.2 Å². The molecule has 0 aliphatic carbocycles. The fraction of sp³-hybridized carbons (Fsp3) is 0.600. The van der Waals surface area contributed by atoms with Crippen molar-refractivity contribution in [2.24, 2.45) is 7.05 Å². The zero-order valence-corrected chi connectivity index (χ0v) is 14.6. The average molecular weight is 333 g/mol. The Kier molecular flexibility index (Phi) is 5.12. The van der Waals surface area contributed by atoms with Crippen molar-refractivity contribution in [2.45, 2.75) is 48.8 Å². The summed E-state index contributed by atoms with van der Waals surface area (Å²) < 4.78 is 2.10. The molecule has 2 N–H and O–H groups in total. The summed E-state index contributed by atoms with van der Waals surface area (Å²) in [6, 6.07) is 2.29. The quantitative estimate of drug-likeness (QED) is 0.810. The van der Waals surface area contributed by atoms with Gasteiger partial charge in [-0.3, -0.25) is 0 Å². The fourth-order valence-electron chi connectivity index (χ4n) is 2.71. The summed E-state index contributed by atoms with van der Waals surface area (Å²) >= 11 is 1.52. The predicted molar refractivity (Wildman–Crippen MR) is 90.8 cm³/mol. The van der Waals surface area contributed by atoms with Crippen LogP contribution in [0, 0.1) is 0 Å². The van der Waals surface area contributed by atoms with Crippen LogP contribution < -0.4 is 10.6 Å². The summed E-state index contributed by atoms with van der Waals surface area (Å²) in [5.74, 6) is 2.40. The van der Waals surface area contributed by atoms with Gasteiger partial charge in [0.25, 0.3) is 0 Å². The second-order valence-corrected chi connectivity index (χ2v) is 7.05. The Morgan fingerprint density at radius 1 is 1.26 bits per heavy atom. The number of anilines is 1. The molecule has 8 heteroatoms. The molecule has 1 fully saturated rings. The van der Waals surface area contributed by atoms with Gasteiger partial charge in [-0.05, 0) is 51.5 Å². The van der Waals surface area contributed by atoms with Gasteiger partial charge < -0.3 is 15.2 Å². The monoisotopic (exact) mass is 333 g/mol. The molecule has 1 aliphatic heterocycles. The van der Waals surface area contributed by atoms with Crippen molar-refractivity contribution in [3.63, 3.8) is 0 Å². The second-order valence-electron chi connectivity index (χ2n) is 6.07. The molecule has 0 bridgehead atoms. The Balaban J connectivity index is 1.74. The zero-order valence-electron chi connectivity index (χ0n) is 13.8. The summed E-state index contributed by atoms with van der Waals surface area (Å²) in [5.41, 5.74) is 0. The maximum Gasteiger partial charge on any atom is 0.197 e. The second kappa shape index (κ2) is 7.27. The van der Waals surface area contributed by atoms with Gasteiger partial charge in [0, 0.05) is 25.1 Å². The minimum atomic E-state index is 0.337. The molecule has 2 aromatic rings. The summed E-state index contributed by atoms with van der Waals surface area (Å²) in [6.45, 7) is 6.28. The van der Waals surface area contributed by atoms with Crippen LogP contribution in [0.5, 0.6) is 0 Å². The van der Waals surface area contributed by atoms with Gasteiger partial charge in [0.15, 0.2) is 5.16 Å². The van der Waals surface area contributed by atoms with Crippen molar-refractivity contribution in [1.82, 2.24) is 30.0 Å². The lowest BCUT2D eigenvalue weighted by molar-refractivity contribution is 0.434. The van der Waals surface area contributed by atoms with Crippen LogP contribution in [-0.4, -0.2) is 43.9 Å². The molecule has 2 aromatic heterocycles. The SMILES string of the molecule is CC(C)Nc1cc(Sc2nnc(C3CCNCC3)n2C)ncn1. The van der Waals surface area contributed by atoms with E-state index in [2.05, 4.69) is 49.2 Å². The van der Waals surface area contributed by atoms with Crippen LogP contribution in [-0.2, 0) is 7.05 Å². The van der Waals surface area contributed by atoms with Crippen LogP contribution in [0.1, 0.15) is 38.4 Å². The number of aromatic nitrogens is 5. The summed E-state index contributed by atoms with van der Waals surface area (Å²) in [6.07, 6.45) is 3.82. The summed E-state index contributed by atoms with van der Waals surface area (Å²) in [4.78, 5) is 8.56. The largest absolute Gasteiger partial charge is 0.368 e. The number of hydrogen-bond donors (Lipinski definition) is 2. The highest BCUT2D eigenvalue weighted by Crippen LogP contribution is 2.29. The van der Waals surface area contributed by atoms with Gasteiger partial charge in [0.1, 0.15) is 23.0 Å². The minimum absolute atomic E-state index is 0.337. The molecule has 7 nitrogen and oxygen atoms in total. The van der Waals surface area contributed by atoms with E-state index in [1.807, 2.05) is 13.1 Å². The molecule has 3 heterocycles. The standard InChI is InChI=1S/C15H23N7S/c1-10(2)19-12-8-13(18-9-17-12)23-15-21-20-14(22(15)3)11-4-6-16-7-5-11/h8-11,16H,4-7H2,1-3H3,(H,17,18,19). The molecule has 0 aromatic carbocycles. The molecule has 0 unspecified atom stereocenters. The number of nitrogens with one attached hydrogen (secondary N) is 2.